The van der Waals surface area contributed by atoms with E-state index in [1.54, 1.807) is 4.90 Å². The van der Waals surface area contributed by atoms with Gasteiger partial charge in [0.2, 0.25) is 5.91 Å². The quantitative estimate of drug-likeness (QED) is 0.477. The van der Waals surface area contributed by atoms with Crippen molar-refractivity contribution in [3.63, 3.8) is 0 Å². The molecule has 0 saturated carbocycles. The molecule has 0 radical (unpaired) electrons. The van der Waals surface area contributed by atoms with E-state index in [-0.39, 0.29) is 18.5 Å². The summed E-state index contributed by atoms with van der Waals surface area (Å²) in [7, 11) is 4.10. The Hall–Kier alpha value is -3.64. The van der Waals surface area contributed by atoms with Crippen molar-refractivity contribution in [1.29, 1.82) is 0 Å². The van der Waals surface area contributed by atoms with Crippen molar-refractivity contribution in [3.05, 3.63) is 95.6 Å². The number of urea groups is 1. The van der Waals surface area contributed by atoms with Crippen molar-refractivity contribution in [2.24, 2.45) is 0 Å². The molecule has 0 fully saturated rings. The smallest absolute Gasteiger partial charge is 0.315 e. The molecular weight excluding hydrogens is 424 g/mol. The maximum atomic E-state index is 12.6. The number of amides is 3. The normalized spacial score (nSPS) is 10.7. The van der Waals surface area contributed by atoms with Crippen LogP contribution in [-0.4, -0.2) is 48.9 Å². The monoisotopic (exact) mass is 458 g/mol. The number of hydrogen-bond acceptors (Lipinski definition) is 3. The molecular formula is C28H34N4O2. The molecule has 0 heterocycles. The molecule has 0 unspecified atom stereocenters. The van der Waals surface area contributed by atoms with Crippen molar-refractivity contribution < 1.29 is 9.59 Å². The molecule has 0 atom stereocenters. The lowest BCUT2D eigenvalue weighted by molar-refractivity contribution is -0.130. The molecule has 3 amide bonds. The van der Waals surface area contributed by atoms with Gasteiger partial charge in [-0.1, -0.05) is 78.9 Å². The first-order valence-corrected chi connectivity index (χ1v) is 11.6. The lowest BCUT2D eigenvalue weighted by atomic mass is 9.98. The van der Waals surface area contributed by atoms with Crippen LogP contribution in [0.15, 0.2) is 78.9 Å². The topological polar surface area (TPSA) is 64.7 Å². The molecule has 6 nitrogen and oxygen atoms in total. The van der Waals surface area contributed by atoms with Crippen molar-refractivity contribution in [2.75, 3.05) is 27.2 Å². The third-order valence-electron chi connectivity index (χ3n) is 5.57. The summed E-state index contributed by atoms with van der Waals surface area (Å²) in [5.41, 5.74) is 5.52. The molecule has 3 aromatic rings. The van der Waals surface area contributed by atoms with Gasteiger partial charge >= 0.3 is 6.03 Å². The molecule has 0 aliphatic rings. The summed E-state index contributed by atoms with van der Waals surface area (Å²) in [5, 5.41) is 5.57. The minimum atomic E-state index is -0.361. The molecule has 0 aromatic heterocycles. The summed E-state index contributed by atoms with van der Waals surface area (Å²) in [5.74, 6) is -0.111. The van der Waals surface area contributed by atoms with Crippen molar-refractivity contribution in [3.8, 4) is 11.1 Å². The summed E-state index contributed by atoms with van der Waals surface area (Å²) in [6.45, 7) is 4.27. The zero-order valence-electron chi connectivity index (χ0n) is 20.3. The van der Waals surface area contributed by atoms with Crippen LogP contribution in [-0.2, 0) is 24.4 Å². The second kappa shape index (κ2) is 12.6. The van der Waals surface area contributed by atoms with Gasteiger partial charge in [0.15, 0.2) is 0 Å². The zero-order valence-corrected chi connectivity index (χ0v) is 20.3. The van der Waals surface area contributed by atoms with Gasteiger partial charge in [0.05, 0.1) is 6.54 Å². The summed E-state index contributed by atoms with van der Waals surface area (Å²) in [6, 6.07) is 26.0. The molecule has 0 saturated heterocycles. The first-order valence-electron chi connectivity index (χ1n) is 11.6. The van der Waals surface area contributed by atoms with Gasteiger partial charge in [0.25, 0.3) is 0 Å². The Morgan fingerprint density at radius 2 is 1.41 bits per heavy atom. The van der Waals surface area contributed by atoms with Gasteiger partial charge in [-0.15, -0.1) is 0 Å². The van der Waals surface area contributed by atoms with Gasteiger partial charge < -0.3 is 20.4 Å². The highest BCUT2D eigenvalue weighted by Crippen LogP contribution is 2.24. The fourth-order valence-electron chi connectivity index (χ4n) is 3.80. The third kappa shape index (κ3) is 7.46. The Labute approximate surface area is 202 Å². The molecule has 0 aliphatic heterocycles. The molecule has 0 aliphatic carbocycles. The van der Waals surface area contributed by atoms with Crippen LogP contribution in [0.2, 0.25) is 0 Å². The average molecular weight is 459 g/mol. The fourth-order valence-corrected chi connectivity index (χ4v) is 3.80. The van der Waals surface area contributed by atoms with Gasteiger partial charge in [-0.25, -0.2) is 4.79 Å². The van der Waals surface area contributed by atoms with E-state index < -0.39 is 0 Å². The van der Waals surface area contributed by atoms with Crippen LogP contribution in [0.5, 0.6) is 0 Å². The van der Waals surface area contributed by atoms with Crippen LogP contribution in [0.3, 0.4) is 0 Å². The van der Waals surface area contributed by atoms with Gasteiger partial charge in [-0.3, -0.25) is 4.79 Å². The molecule has 2 N–H and O–H groups in total. The SMILES string of the molecule is CCN(Cc1ccccc1)C(=O)CNC(=O)NCc1ccccc1-c1ccc(CN(C)C)cc1. The van der Waals surface area contributed by atoms with Crippen molar-refractivity contribution >= 4 is 11.9 Å². The molecule has 178 valence electrons. The van der Waals surface area contributed by atoms with Crippen LogP contribution in [0.25, 0.3) is 11.1 Å². The lowest BCUT2D eigenvalue weighted by Gasteiger charge is -2.21. The van der Waals surface area contributed by atoms with Crippen LogP contribution in [0.1, 0.15) is 23.6 Å². The van der Waals surface area contributed by atoms with E-state index in [9.17, 15) is 9.59 Å². The highest BCUT2D eigenvalue weighted by atomic mass is 16.2. The summed E-state index contributed by atoms with van der Waals surface area (Å²) < 4.78 is 0. The van der Waals surface area contributed by atoms with Crippen LogP contribution in [0, 0.1) is 0 Å². The van der Waals surface area contributed by atoms with Gasteiger partial charge in [0.1, 0.15) is 0 Å². The Balaban J connectivity index is 1.53. The number of hydrogen-bond donors (Lipinski definition) is 2. The van der Waals surface area contributed by atoms with Crippen LogP contribution < -0.4 is 10.6 Å². The molecule has 34 heavy (non-hydrogen) atoms. The first kappa shape index (κ1) is 25.0. The zero-order chi connectivity index (χ0) is 24.3. The Morgan fingerprint density at radius 3 is 2.09 bits per heavy atom. The average Bonchev–Trinajstić information content (AvgIpc) is 2.85. The van der Waals surface area contributed by atoms with Crippen molar-refractivity contribution in [1.82, 2.24) is 20.4 Å². The number of nitrogens with zero attached hydrogens (tertiary/aromatic N) is 2. The molecule has 3 rings (SSSR count). The van der Waals surface area contributed by atoms with E-state index in [0.29, 0.717) is 19.6 Å². The molecule has 0 bridgehead atoms. The number of carbonyl (C=O) groups excluding carboxylic acids is 2. The number of benzene rings is 3. The molecule has 3 aromatic carbocycles. The second-order valence-corrected chi connectivity index (χ2v) is 8.52. The van der Waals surface area contributed by atoms with Gasteiger partial charge in [-0.2, -0.15) is 0 Å². The first-order chi connectivity index (χ1) is 16.5. The number of likely N-dealkylation sites (N-methyl/N-ethyl adjacent to an activating group) is 1. The highest BCUT2D eigenvalue weighted by molar-refractivity contribution is 5.84. The minimum absolute atomic E-state index is 0.0402. The van der Waals surface area contributed by atoms with E-state index in [1.807, 2.05) is 55.5 Å². The fraction of sp³-hybridized carbons (Fsp3) is 0.286. The highest BCUT2D eigenvalue weighted by Gasteiger charge is 2.14. The van der Waals surface area contributed by atoms with Gasteiger partial charge in [-0.05, 0) is 48.8 Å². The molecule has 6 heteroatoms. The number of carbonyl (C=O) groups is 2. The predicted octanol–water partition coefficient (Wildman–Crippen LogP) is 4.26. The summed E-state index contributed by atoms with van der Waals surface area (Å²) in [4.78, 5) is 28.8. The Morgan fingerprint density at radius 1 is 0.765 bits per heavy atom. The van der Waals surface area contributed by atoms with E-state index >= 15 is 0 Å². The largest absolute Gasteiger partial charge is 0.337 e. The summed E-state index contributed by atoms with van der Waals surface area (Å²) in [6.07, 6.45) is 0. The van der Waals surface area contributed by atoms with Gasteiger partial charge in [0, 0.05) is 26.2 Å². The number of nitrogens with one attached hydrogen (secondary N) is 2. The molecule has 0 spiro atoms. The summed E-state index contributed by atoms with van der Waals surface area (Å²) >= 11 is 0. The predicted molar refractivity (Wildman–Crippen MR) is 137 cm³/mol. The van der Waals surface area contributed by atoms with Crippen molar-refractivity contribution in [2.45, 2.75) is 26.6 Å². The minimum Gasteiger partial charge on any atom is -0.337 e. The standard InChI is InChI=1S/C28H34N4O2/c1-4-32(21-22-10-6-5-7-11-22)27(33)19-30-28(34)29-18-25-12-8-9-13-26(25)24-16-14-23(15-17-24)20-31(2)3/h5-17H,4,18-21H2,1-3H3,(H2,29,30,34). The Kier molecular flexibility index (Phi) is 9.23. The van der Waals surface area contributed by atoms with E-state index in [2.05, 4.69) is 60.0 Å². The van der Waals surface area contributed by atoms with E-state index in [0.717, 1.165) is 28.8 Å². The van der Waals surface area contributed by atoms with E-state index in [4.69, 9.17) is 0 Å². The maximum absolute atomic E-state index is 12.6. The van der Waals surface area contributed by atoms with Crippen LogP contribution in [0.4, 0.5) is 4.79 Å². The third-order valence-corrected chi connectivity index (χ3v) is 5.57. The second-order valence-electron chi connectivity index (χ2n) is 8.52. The van der Waals surface area contributed by atoms with E-state index in [1.165, 1.54) is 5.56 Å². The number of rotatable bonds is 10. The lowest BCUT2D eigenvalue weighted by Crippen LogP contribution is -2.43. The van der Waals surface area contributed by atoms with Crippen LogP contribution >= 0.6 is 0 Å². The Bertz CT molecular complexity index is 1070. The maximum Gasteiger partial charge on any atom is 0.315 e.